The molecular weight excluding hydrogens is 301 g/mol. The molecule has 0 heterocycles. The quantitative estimate of drug-likeness (QED) is 0.753. The maximum Gasteiger partial charge on any atom is 0.398 e. The minimum absolute atomic E-state index is 0.132. The third kappa shape index (κ3) is 7.38. The van der Waals surface area contributed by atoms with Gasteiger partial charge in [-0.25, -0.2) is 0 Å². The number of anilines is 1. The van der Waals surface area contributed by atoms with E-state index in [0.29, 0.717) is 22.3 Å². The molecule has 1 amide bonds. The first kappa shape index (κ1) is 17.8. The molecule has 0 aliphatic carbocycles. The average molecular weight is 320 g/mol. The molecule has 2 N–H and O–H groups in total. The molecule has 1 atom stereocenters. The molecule has 21 heavy (non-hydrogen) atoms. The fourth-order valence-electron chi connectivity index (χ4n) is 1.46. The van der Waals surface area contributed by atoms with E-state index in [1.807, 2.05) is 13.8 Å². The van der Waals surface area contributed by atoms with Crippen LogP contribution in [-0.4, -0.2) is 30.4 Å². The van der Waals surface area contributed by atoms with Gasteiger partial charge in [0.05, 0.1) is 18.0 Å². The largest absolute Gasteiger partial charge is 0.398 e. The Bertz CT molecular complexity index is 466. The molecule has 1 rings (SSSR count). The number of rotatable bonds is 7. The molecule has 0 radical (unpaired) electrons. The van der Waals surface area contributed by atoms with Crippen LogP contribution in [0.5, 0.6) is 0 Å². The van der Waals surface area contributed by atoms with Crippen molar-refractivity contribution in [3.05, 3.63) is 24.3 Å². The van der Waals surface area contributed by atoms with E-state index >= 15 is 0 Å². The molecule has 1 aromatic rings. The summed E-state index contributed by atoms with van der Waals surface area (Å²) < 4.78 is 36.8. The van der Waals surface area contributed by atoms with Crippen molar-refractivity contribution in [2.45, 2.75) is 37.4 Å². The van der Waals surface area contributed by atoms with E-state index in [1.165, 1.54) is 0 Å². The Morgan fingerprint density at radius 3 is 2.62 bits per heavy atom. The van der Waals surface area contributed by atoms with Crippen LogP contribution in [0.25, 0.3) is 0 Å². The summed E-state index contributed by atoms with van der Waals surface area (Å²) in [5.41, 5.74) is 0.405. The fraction of sp³-hybridized carbons (Fsp3) is 0.500. The van der Waals surface area contributed by atoms with Crippen LogP contribution in [0.4, 0.5) is 18.9 Å². The first-order valence-corrected chi connectivity index (χ1v) is 7.62. The van der Waals surface area contributed by atoms with E-state index < -0.39 is 11.9 Å². The number of halogens is 3. The first-order chi connectivity index (χ1) is 9.81. The lowest BCUT2D eigenvalue weighted by molar-refractivity contribution is -0.115. The van der Waals surface area contributed by atoms with Crippen LogP contribution in [0.1, 0.15) is 20.3 Å². The molecule has 7 heteroatoms. The van der Waals surface area contributed by atoms with Crippen molar-refractivity contribution in [1.29, 1.82) is 0 Å². The summed E-state index contributed by atoms with van der Waals surface area (Å²) in [5.74, 6) is -1.25. The monoisotopic (exact) mass is 320 g/mol. The van der Waals surface area contributed by atoms with E-state index in [1.54, 1.807) is 24.3 Å². The van der Waals surface area contributed by atoms with Crippen molar-refractivity contribution < 1.29 is 18.0 Å². The van der Waals surface area contributed by atoms with Crippen molar-refractivity contribution >= 4 is 23.4 Å². The third-order valence-electron chi connectivity index (χ3n) is 2.78. The van der Waals surface area contributed by atoms with Gasteiger partial charge in [0.15, 0.2) is 0 Å². The summed E-state index contributed by atoms with van der Waals surface area (Å²) in [7, 11) is 0. The minimum Gasteiger partial charge on any atom is -0.324 e. The second-order valence-corrected chi connectivity index (χ2v) is 5.66. The van der Waals surface area contributed by atoms with E-state index in [2.05, 4.69) is 10.6 Å². The van der Waals surface area contributed by atoms with Crippen LogP contribution in [0, 0.1) is 0 Å². The predicted molar refractivity (Wildman–Crippen MR) is 79.6 cm³/mol. The van der Waals surface area contributed by atoms with Crippen LogP contribution in [0.15, 0.2) is 29.2 Å². The molecule has 0 fully saturated rings. The molecule has 0 aromatic heterocycles. The standard InChI is InChI=1S/C14H19F3N2OS/c1-3-10(2)18-8-13(20)19-11-6-4-5-7-12(11)21-9-14(15,16)17/h4-7,10,18H,3,8-9H2,1-2H3,(H,19,20). The molecule has 3 nitrogen and oxygen atoms in total. The number of benzene rings is 1. The fourth-order valence-corrected chi connectivity index (χ4v) is 2.23. The van der Waals surface area contributed by atoms with Gasteiger partial charge < -0.3 is 10.6 Å². The van der Waals surface area contributed by atoms with Crippen molar-refractivity contribution in [1.82, 2.24) is 5.32 Å². The van der Waals surface area contributed by atoms with Gasteiger partial charge in [0.1, 0.15) is 0 Å². The van der Waals surface area contributed by atoms with Crippen LogP contribution >= 0.6 is 11.8 Å². The summed E-state index contributed by atoms with van der Waals surface area (Å²) in [5, 5.41) is 5.67. The Morgan fingerprint density at radius 1 is 1.33 bits per heavy atom. The van der Waals surface area contributed by atoms with Gasteiger partial charge >= 0.3 is 6.18 Å². The highest BCUT2D eigenvalue weighted by molar-refractivity contribution is 7.99. The van der Waals surface area contributed by atoms with Crippen molar-refractivity contribution in [3.8, 4) is 0 Å². The van der Waals surface area contributed by atoms with Crippen LogP contribution < -0.4 is 10.6 Å². The zero-order valence-corrected chi connectivity index (χ0v) is 12.8. The maximum absolute atomic E-state index is 12.3. The lowest BCUT2D eigenvalue weighted by Crippen LogP contribution is -2.34. The van der Waals surface area contributed by atoms with Crippen molar-refractivity contribution in [2.75, 3.05) is 17.6 Å². The Morgan fingerprint density at radius 2 is 2.00 bits per heavy atom. The Kier molecular flexibility index (Phi) is 7.04. The van der Waals surface area contributed by atoms with Gasteiger partial charge in [0.2, 0.25) is 5.91 Å². The molecule has 1 aromatic carbocycles. The van der Waals surface area contributed by atoms with Gasteiger partial charge in [0.25, 0.3) is 0 Å². The summed E-state index contributed by atoms with van der Waals surface area (Å²) >= 11 is 0.665. The number of hydrogen-bond donors (Lipinski definition) is 2. The number of para-hydroxylation sites is 1. The molecule has 0 spiro atoms. The third-order valence-corrected chi connectivity index (χ3v) is 3.91. The normalized spacial score (nSPS) is 13.0. The van der Waals surface area contributed by atoms with Crippen LogP contribution in [0.2, 0.25) is 0 Å². The molecule has 1 unspecified atom stereocenters. The Balaban J connectivity index is 2.60. The highest BCUT2D eigenvalue weighted by atomic mass is 32.2. The number of hydrogen-bond acceptors (Lipinski definition) is 3. The number of nitrogens with one attached hydrogen (secondary N) is 2. The molecule has 118 valence electrons. The van der Waals surface area contributed by atoms with E-state index in [4.69, 9.17) is 0 Å². The number of carbonyl (C=O) groups excluding carboxylic acids is 1. The molecule has 0 aliphatic rings. The summed E-state index contributed by atoms with van der Waals surface area (Å²) in [4.78, 5) is 12.2. The summed E-state index contributed by atoms with van der Waals surface area (Å²) in [6, 6.07) is 6.69. The predicted octanol–water partition coefficient (Wildman–Crippen LogP) is 3.67. The first-order valence-electron chi connectivity index (χ1n) is 6.63. The smallest absolute Gasteiger partial charge is 0.324 e. The number of alkyl halides is 3. The van der Waals surface area contributed by atoms with Gasteiger partial charge in [-0.05, 0) is 25.5 Å². The zero-order valence-electron chi connectivity index (χ0n) is 12.0. The molecule has 0 bridgehead atoms. The number of carbonyl (C=O) groups is 1. The zero-order chi connectivity index (χ0) is 15.9. The lowest BCUT2D eigenvalue weighted by Gasteiger charge is -2.14. The van der Waals surface area contributed by atoms with Crippen molar-refractivity contribution in [3.63, 3.8) is 0 Å². The topological polar surface area (TPSA) is 41.1 Å². The second-order valence-electron chi connectivity index (χ2n) is 4.64. The Labute approximate surface area is 126 Å². The Hall–Kier alpha value is -1.21. The molecular formula is C14H19F3N2OS. The maximum atomic E-state index is 12.3. The van der Waals surface area contributed by atoms with Gasteiger partial charge in [0, 0.05) is 10.9 Å². The van der Waals surface area contributed by atoms with Crippen molar-refractivity contribution in [2.24, 2.45) is 0 Å². The van der Waals surface area contributed by atoms with Gasteiger partial charge in [-0.2, -0.15) is 13.2 Å². The van der Waals surface area contributed by atoms with E-state index in [-0.39, 0.29) is 18.5 Å². The van der Waals surface area contributed by atoms with Gasteiger partial charge in [-0.15, -0.1) is 11.8 Å². The van der Waals surface area contributed by atoms with E-state index in [9.17, 15) is 18.0 Å². The summed E-state index contributed by atoms with van der Waals surface area (Å²) in [6.07, 6.45) is -3.34. The highest BCUT2D eigenvalue weighted by Crippen LogP contribution is 2.31. The highest BCUT2D eigenvalue weighted by Gasteiger charge is 2.27. The van der Waals surface area contributed by atoms with Gasteiger partial charge in [-0.3, -0.25) is 4.79 Å². The van der Waals surface area contributed by atoms with E-state index in [0.717, 1.165) is 6.42 Å². The SMILES string of the molecule is CCC(C)NCC(=O)Nc1ccccc1SCC(F)(F)F. The van der Waals surface area contributed by atoms with Crippen LogP contribution in [0.3, 0.4) is 0 Å². The van der Waals surface area contributed by atoms with Crippen LogP contribution in [-0.2, 0) is 4.79 Å². The lowest BCUT2D eigenvalue weighted by atomic mass is 10.2. The summed E-state index contributed by atoms with van der Waals surface area (Å²) in [6.45, 7) is 4.09. The van der Waals surface area contributed by atoms with Gasteiger partial charge in [-0.1, -0.05) is 19.1 Å². The average Bonchev–Trinajstić information content (AvgIpc) is 2.43. The molecule has 0 saturated heterocycles. The number of amides is 1. The second kappa shape index (κ2) is 8.29. The minimum atomic E-state index is -4.24. The number of thioether (sulfide) groups is 1. The molecule has 0 aliphatic heterocycles. The molecule has 0 saturated carbocycles.